The Morgan fingerprint density at radius 3 is 2.75 bits per heavy atom. The van der Waals surface area contributed by atoms with Gasteiger partial charge in [0.05, 0.1) is 16.5 Å². The molecule has 1 rings (SSSR count). The van der Waals surface area contributed by atoms with Crippen LogP contribution in [0.15, 0.2) is 5.38 Å². The van der Waals surface area contributed by atoms with Gasteiger partial charge in [0.15, 0.2) is 9.84 Å². The van der Waals surface area contributed by atoms with Crippen molar-refractivity contribution in [2.45, 2.75) is 20.3 Å². The van der Waals surface area contributed by atoms with Crippen LogP contribution in [0, 0.1) is 6.92 Å². The molecule has 0 atom stereocenters. The topological polar surface area (TPSA) is 59.1 Å². The lowest BCUT2D eigenvalue weighted by molar-refractivity contribution is 0.592. The van der Waals surface area contributed by atoms with E-state index in [1.807, 2.05) is 12.3 Å². The first kappa shape index (κ1) is 13.6. The highest BCUT2D eigenvalue weighted by atomic mass is 32.2. The molecule has 0 aliphatic carbocycles. The number of nitrogens with one attached hydrogen (secondary N) is 1. The fraction of sp³-hybridized carbons (Fsp3) is 0.700. The Morgan fingerprint density at radius 1 is 1.44 bits per heavy atom. The maximum Gasteiger partial charge on any atom is 0.151 e. The molecule has 0 spiro atoms. The van der Waals surface area contributed by atoms with Crippen LogP contribution in [0.4, 0.5) is 0 Å². The Balaban J connectivity index is 2.13. The molecule has 92 valence electrons. The standard InChI is InChI=1S/C10H18N2O2S2/c1-3-16(13,14)7-6-11-5-4-10-8-15-9(2)12-10/h8,11H,3-7H2,1-2H3. The zero-order valence-electron chi connectivity index (χ0n) is 9.69. The Bertz CT molecular complexity index is 412. The number of aryl methyl sites for hydroxylation is 1. The van der Waals surface area contributed by atoms with Gasteiger partial charge in [-0.15, -0.1) is 11.3 Å². The molecule has 0 amide bonds. The fourth-order valence-electron chi connectivity index (χ4n) is 1.24. The summed E-state index contributed by atoms with van der Waals surface area (Å²) in [4.78, 5) is 4.33. The quantitative estimate of drug-likeness (QED) is 0.745. The Kier molecular flexibility index (Phi) is 5.37. The molecule has 1 heterocycles. The van der Waals surface area contributed by atoms with Crippen molar-refractivity contribution in [3.05, 3.63) is 16.1 Å². The van der Waals surface area contributed by atoms with E-state index in [0.717, 1.165) is 23.7 Å². The van der Waals surface area contributed by atoms with Crippen molar-refractivity contribution in [1.82, 2.24) is 10.3 Å². The van der Waals surface area contributed by atoms with E-state index in [4.69, 9.17) is 0 Å². The van der Waals surface area contributed by atoms with Crippen LogP contribution < -0.4 is 5.32 Å². The van der Waals surface area contributed by atoms with Gasteiger partial charge in [-0.2, -0.15) is 0 Å². The highest BCUT2D eigenvalue weighted by Crippen LogP contribution is 2.07. The van der Waals surface area contributed by atoms with Gasteiger partial charge >= 0.3 is 0 Å². The van der Waals surface area contributed by atoms with Crippen molar-refractivity contribution in [2.75, 3.05) is 24.6 Å². The van der Waals surface area contributed by atoms with Gasteiger partial charge < -0.3 is 5.32 Å². The molecule has 4 nitrogen and oxygen atoms in total. The summed E-state index contributed by atoms with van der Waals surface area (Å²) in [5.41, 5.74) is 1.08. The molecule has 1 aromatic heterocycles. The highest BCUT2D eigenvalue weighted by Gasteiger charge is 2.05. The van der Waals surface area contributed by atoms with Crippen molar-refractivity contribution >= 4 is 21.2 Å². The van der Waals surface area contributed by atoms with E-state index in [1.165, 1.54) is 0 Å². The van der Waals surface area contributed by atoms with Gasteiger partial charge in [0.2, 0.25) is 0 Å². The lowest BCUT2D eigenvalue weighted by Crippen LogP contribution is -2.25. The first-order valence-corrected chi connectivity index (χ1v) is 8.06. The molecular formula is C10H18N2O2S2. The van der Waals surface area contributed by atoms with Crippen LogP contribution in [0.25, 0.3) is 0 Å². The summed E-state index contributed by atoms with van der Waals surface area (Å²) in [6.07, 6.45) is 0.858. The lowest BCUT2D eigenvalue weighted by Gasteiger charge is -2.03. The minimum Gasteiger partial charge on any atom is -0.315 e. The molecule has 0 aliphatic rings. The second kappa shape index (κ2) is 6.32. The summed E-state index contributed by atoms with van der Waals surface area (Å²) < 4.78 is 22.4. The summed E-state index contributed by atoms with van der Waals surface area (Å²) >= 11 is 1.64. The van der Waals surface area contributed by atoms with Crippen LogP contribution in [0.1, 0.15) is 17.6 Å². The van der Waals surface area contributed by atoms with Gasteiger partial charge in [-0.05, 0) is 6.92 Å². The van der Waals surface area contributed by atoms with Gasteiger partial charge in [-0.25, -0.2) is 13.4 Å². The summed E-state index contributed by atoms with van der Waals surface area (Å²) in [5, 5.41) is 6.23. The van der Waals surface area contributed by atoms with Crippen LogP contribution in [-0.4, -0.2) is 38.0 Å². The normalized spacial score (nSPS) is 11.9. The predicted octanol–water partition coefficient (Wildman–Crippen LogP) is 1.02. The smallest absolute Gasteiger partial charge is 0.151 e. The van der Waals surface area contributed by atoms with Gasteiger partial charge in [0.25, 0.3) is 0 Å². The molecular weight excluding hydrogens is 244 g/mol. The number of hydrogen-bond donors (Lipinski definition) is 1. The van der Waals surface area contributed by atoms with Crippen molar-refractivity contribution in [3.8, 4) is 0 Å². The van der Waals surface area contributed by atoms with Crippen molar-refractivity contribution < 1.29 is 8.42 Å². The summed E-state index contributed by atoms with van der Waals surface area (Å²) in [7, 11) is -2.84. The molecule has 6 heteroatoms. The largest absolute Gasteiger partial charge is 0.315 e. The average molecular weight is 262 g/mol. The van der Waals surface area contributed by atoms with Crippen LogP contribution in [0.5, 0.6) is 0 Å². The number of rotatable bonds is 7. The van der Waals surface area contributed by atoms with Gasteiger partial charge in [-0.1, -0.05) is 6.92 Å². The van der Waals surface area contributed by atoms with Gasteiger partial charge in [0.1, 0.15) is 0 Å². The number of thiazole rings is 1. The van der Waals surface area contributed by atoms with Crippen molar-refractivity contribution in [3.63, 3.8) is 0 Å². The molecule has 0 bridgehead atoms. The maximum atomic E-state index is 11.2. The second-order valence-corrected chi connectivity index (χ2v) is 7.13. The Labute approximate surface area is 101 Å². The third kappa shape index (κ3) is 5.05. The number of aromatic nitrogens is 1. The van der Waals surface area contributed by atoms with Crippen LogP contribution in [-0.2, 0) is 16.3 Å². The lowest BCUT2D eigenvalue weighted by atomic mass is 10.3. The Morgan fingerprint density at radius 2 is 2.19 bits per heavy atom. The molecule has 0 aromatic carbocycles. The molecule has 0 radical (unpaired) electrons. The zero-order chi connectivity index (χ0) is 12.0. The van der Waals surface area contributed by atoms with E-state index < -0.39 is 9.84 Å². The predicted molar refractivity (Wildman–Crippen MR) is 67.8 cm³/mol. The first-order chi connectivity index (χ1) is 7.53. The molecule has 0 aliphatic heterocycles. The van der Waals surface area contributed by atoms with Gasteiger partial charge in [-0.3, -0.25) is 0 Å². The summed E-state index contributed by atoms with van der Waals surface area (Å²) in [6, 6.07) is 0. The third-order valence-electron chi connectivity index (χ3n) is 2.25. The molecule has 0 unspecified atom stereocenters. The molecule has 0 saturated heterocycles. The van der Waals surface area contributed by atoms with Crippen LogP contribution in [0.3, 0.4) is 0 Å². The minimum atomic E-state index is -2.84. The van der Waals surface area contributed by atoms with Gasteiger partial charge in [0, 0.05) is 30.6 Å². The summed E-state index contributed by atoms with van der Waals surface area (Å²) in [6.45, 7) is 4.96. The molecule has 1 N–H and O–H groups in total. The zero-order valence-corrected chi connectivity index (χ0v) is 11.3. The average Bonchev–Trinajstić information content (AvgIpc) is 2.64. The Hall–Kier alpha value is -0.460. The number of nitrogens with zero attached hydrogens (tertiary/aromatic N) is 1. The molecule has 16 heavy (non-hydrogen) atoms. The third-order valence-corrected chi connectivity index (χ3v) is 4.78. The molecule has 1 aromatic rings. The second-order valence-electron chi connectivity index (χ2n) is 3.59. The van der Waals surface area contributed by atoms with E-state index in [2.05, 4.69) is 10.3 Å². The first-order valence-electron chi connectivity index (χ1n) is 5.35. The summed E-state index contributed by atoms with van der Waals surface area (Å²) in [5.74, 6) is 0.444. The van der Waals surface area contributed by atoms with Crippen molar-refractivity contribution in [2.24, 2.45) is 0 Å². The van der Waals surface area contributed by atoms with E-state index in [1.54, 1.807) is 18.3 Å². The van der Waals surface area contributed by atoms with Crippen LogP contribution in [0.2, 0.25) is 0 Å². The molecule has 0 fully saturated rings. The van der Waals surface area contributed by atoms with E-state index in [-0.39, 0.29) is 11.5 Å². The van der Waals surface area contributed by atoms with E-state index in [9.17, 15) is 8.42 Å². The van der Waals surface area contributed by atoms with E-state index in [0.29, 0.717) is 6.54 Å². The monoisotopic (exact) mass is 262 g/mol. The van der Waals surface area contributed by atoms with Crippen molar-refractivity contribution in [1.29, 1.82) is 0 Å². The minimum absolute atomic E-state index is 0.222. The SMILES string of the molecule is CCS(=O)(=O)CCNCCc1csc(C)n1. The number of hydrogen-bond acceptors (Lipinski definition) is 5. The highest BCUT2D eigenvalue weighted by molar-refractivity contribution is 7.91. The number of sulfone groups is 1. The fourth-order valence-corrected chi connectivity index (χ4v) is 2.63. The molecule has 0 saturated carbocycles. The van der Waals surface area contributed by atoms with Crippen LogP contribution >= 0.6 is 11.3 Å². The maximum absolute atomic E-state index is 11.2. The van der Waals surface area contributed by atoms with E-state index >= 15 is 0 Å².